The first-order valence-corrected chi connectivity index (χ1v) is 6.46. The number of ether oxygens (including phenoxy) is 2. The van der Waals surface area contributed by atoms with Crippen molar-refractivity contribution in [3.05, 3.63) is 53.6 Å². The van der Waals surface area contributed by atoms with E-state index in [0.29, 0.717) is 11.5 Å². The van der Waals surface area contributed by atoms with Gasteiger partial charge in [0.15, 0.2) is 11.5 Å². The van der Waals surface area contributed by atoms with Crippen molar-refractivity contribution >= 4 is 11.9 Å². The number of hydrogen-bond acceptors (Lipinski definition) is 4. The molecule has 116 valence electrons. The molecule has 0 unspecified atom stereocenters. The van der Waals surface area contributed by atoms with Crippen molar-refractivity contribution in [2.24, 2.45) is 0 Å². The summed E-state index contributed by atoms with van der Waals surface area (Å²) in [4.78, 5) is 22.2. The molecule has 2 N–H and O–H groups in total. The van der Waals surface area contributed by atoms with E-state index in [9.17, 15) is 9.59 Å². The van der Waals surface area contributed by atoms with Crippen molar-refractivity contribution < 1.29 is 29.3 Å². The van der Waals surface area contributed by atoms with Gasteiger partial charge in [-0.25, -0.2) is 9.59 Å². The van der Waals surface area contributed by atoms with Gasteiger partial charge in [-0.15, -0.1) is 6.42 Å². The Morgan fingerprint density at radius 3 is 2.09 bits per heavy atom. The van der Waals surface area contributed by atoms with Crippen LogP contribution in [0.4, 0.5) is 0 Å². The topological polar surface area (TPSA) is 93.1 Å². The molecule has 0 aromatic heterocycles. The van der Waals surface area contributed by atoms with Crippen molar-refractivity contribution in [2.45, 2.75) is 0 Å². The highest BCUT2D eigenvalue weighted by Gasteiger charge is 2.14. The molecule has 0 fully saturated rings. The standard InChI is InChI=1S/C17H12O6/c1-2-7-22-14-5-3-4-6-15(14)23-13-9-11(16(18)19)8-12(10-13)17(20)21/h1,3-6,8-10H,7H2,(H,18,19)(H,20,21). The molecule has 0 aliphatic heterocycles. The molecule has 0 radical (unpaired) electrons. The van der Waals surface area contributed by atoms with E-state index >= 15 is 0 Å². The molecular formula is C17H12O6. The maximum absolute atomic E-state index is 11.1. The average Bonchev–Trinajstić information content (AvgIpc) is 2.53. The van der Waals surface area contributed by atoms with Gasteiger partial charge in [0.2, 0.25) is 0 Å². The largest absolute Gasteiger partial charge is 0.478 e. The summed E-state index contributed by atoms with van der Waals surface area (Å²) in [6.07, 6.45) is 5.14. The number of para-hydroxylation sites is 2. The minimum absolute atomic E-state index is 0.0376. The third-order valence-corrected chi connectivity index (χ3v) is 2.79. The molecule has 0 atom stereocenters. The SMILES string of the molecule is C#CCOc1ccccc1Oc1cc(C(=O)O)cc(C(=O)O)c1. The third kappa shape index (κ3) is 4.02. The van der Waals surface area contributed by atoms with Gasteiger partial charge < -0.3 is 19.7 Å². The second-order valence-corrected chi connectivity index (χ2v) is 4.40. The van der Waals surface area contributed by atoms with Crippen LogP contribution in [0.1, 0.15) is 20.7 Å². The van der Waals surface area contributed by atoms with Crippen LogP contribution in [-0.4, -0.2) is 28.8 Å². The number of rotatable bonds is 6. The summed E-state index contributed by atoms with van der Waals surface area (Å²) in [5, 5.41) is 18.1. The number of hydrogen-bond donors (Lipinski definition) is 2. The molecule has 6 nitrogen and oxygen atoms in total. The van der Waals surface area contributed by atoms with Gasteiger partial charge in [0.25, 0.3) is 0 Å². The molecule has 2 aromatic carbocycles. The Kier molecular flexibility index (Phi) is 4.85. The number of carboxylic acid groups (broad SMARTS) is 2. The maximum Gasteiger partial charge on any atom is 0.335 e. The van der Waals surface area contributed by atoms with Crippen LogP contribution in [0.5, 0.6) is 17.2 Å². The molecule has 0 saturated carbocycles. The summed E-state index contributed by atoms with van der Waals surface area (Å²) in [5.74, 6) is 0.538. The molecule has 0 spiro atoms. The molecular weight excluding hydrogens is 300 g/mol. The van der Waals surface area contributed by atoms with Gasteiger partial charge in [0.05, 0.1) is 11.1 Å². The lowest BCUT2D eigenvalue weighted by Gasteiger charge is -2.12. The molecule has 0 heterocycles. The lowest BCUT2D eigenvalue weighted by Crippen LogP contribution is -2.03. The van der Waals surface area contributed by atoms with Gasteiger partial charge in [-0.2, -0.15) is 0 Å². The number of carbonyl (C=O) groups is 2. The Bertz CT molecular complexity index is 756. The number of carboxylic acids is 2. The minimum Gasteiger partial charge on any atom is -0.478 e. The zero-order chi connectivity index (χ0) is 16.8. The lowest BCUT2D eigenvalue weighted by molar-refractivity contribution is 0.0696. The lowest BCUT2D eigenvalue weighted by atomic mass is 10.1. The summed E-state index contributed by atoms with van der Waals surface area (Å²) in [7, 11) is 0. The maximum atomic E-state index is 11.1. The zero-order valence-electron chi connectivity index (χ0n) is 11.9. The van der Waals surface area contributed by atoms with Crippen LogP contribution in [0.3, 0.4) is 0 Å². The summed E-state index contributed by atoms with van der Waals surface area (Å²) in [6.45, 7) is 0.0376. The molecule has 6 heteroatoms. The first kappa shape index (κ1) is 15.9. The van der Waals surface area contributed by atoms with Crippen molar-refractivity contribution in [1.82, 2.24) is 0 Å². The average molecular weight is 312 g/mol. The molecule has 2 aromatic rings. The van der Waals surface area contributed by atoms with Crippen LogP contribution >= 0.6 is 0 Å². The van der Waals surface area contributed by atoms with Gasteiger partial charge in [0, 0.05) is 0 Å². The second kappa shape index (κ2) is 7.00. The van der Waals surface area contributed by atoms with Crippen molar-refractivity contribution in [1.29, 1.82) is 0 Å². The normalized spacial score (nSPS) is 9.70. The number of terminal acetylenes is 1. The predicted molar refractivity (Wildman–Crippen MR) is 81.2 cm³/mol. The first-order valence-electron chi connectivity index (χ1n) is 6.46. The fourth-order valence-electron chi connectivity index (χ4n) is 1.81. The smallest absolute Gasteiger partial charge is 0.335 e. The van der Waals surface area contributed by atoms with Crippen molar-refractivity contribution in [2.75, 3.05) is 6.61 Å². The number of benzene rings is 2. The Labute approximate surface area is 131 Å². The van der Waals surface area contributed by atoms with Gasteiger partial charge in [-0.3, -0.25) is 0 Å². The predicted octanol–water partition coefficient (Wildman–Crippen LogP) is 2.89. The van der Waals surface area contributed by atoms with Crippen LogP contribution < -0.4 is 9.47 Å². The van der Waals surface area contributed by atoms with E-state index < -0.39 is 11.9 Å². The minimum atomic E-state index is -1.25. The summed E-state index contributed by atoms with van der Waals surface area (Å²) >= 11 is 0. The second-order valence-electron chi connectivity index (χ2n) is 4.40. The highest BCUT2D eigenvalue weighted by molar-refractivity contribution is 5.94. The molecule has 23 heavy (non-hydrogen) atoms. The van der Waals surface area contributed by atoms with Gasteiger partial charge in [-0.1, -0.05) is 18.1 Å². The Morgan fingerprint density at radius 2 is 1.57 bits per heavy atom. The van der Waals surface area contributed by atoms with Crippen LogP contribution in [0.2, 0.25) is 0 Å². The summed E-state index contributed by atoms with van der Waals surface area (Å²) < 4.78 is 10.9. The molecule has 0 aliphatic carbocycles. The molecule has 0 bridgehead atoms. The van der Waals surface area contributed by atoms with Crippen molar-refractivity contribution in [3.63, 3.8) is 0 Å². The van der Waals surface area contributed by atoms with Gasteiger partial charge in [0.1, 0.15) is 12.4 Å². The van der Waals surface area contributed by atoms with E-state index in [1.165, 1.54) is 12.1 Å². The summed E-state index contributed by atoms with van der Waals surface area (Å²) in [5.41, 5.74) is -0.385. The Balaban J connectivity index is 2.38. The Hall–Kier alpha value is -3.46. The molecule has 0 saturated heterocycles. The van der Waals surface area contributed by atoms with Crippen molar-refractivity contribution in [3.8, 4) is 29.6 Å². The molecule has 0 amide bonds. The van der Waals surface area contributed by atoms with E-state index in [-0.39, 0.29) is 23.5 Å². The fourth-order valence-corrected chi connectivity index (χ4v) is 1.81. The highest BCUT2D eigenvalue weighted by atomic mass is 16.5. The quantitative estimate of drug-likeness (QED) is 0.797. The fraction of sp³-hybridized carbons (Fsp3) is 0.0588. The van der Waals surface area contributed by atoms with E-state index in [4.69, 9.17) is 26.1 Å². The first-order chi connectivity index (χ1) is 11.0. The van der Waals surface area contributed by atoms with E-state index in [2.05, 4.69) is 5.92 Å². The van der Waals surface area contributed by atoms with E-state index in [0.717, 1.165) is 6.07 Å². The number of aromatic carboxylic acids is 2. The van der Waals surface area contributed by atoms with Gasteiger partial charge in [-0.05, 0) is 30.3 Å². The zero-order valence-corrected chi connectivity index (χ0v) is 11.9. The van der Waals surface area contributed by atoms with Crippen LogP contribution in [0, 0.1) is 12.3 Å². The van der Waals surface area contributed by atoms with Gasteiger partial charge >= 0.3 is 11.9 Å². The van der Waals surface area contributed by atoms with Crippen LogP contribution in [0.25, 0.3) is 0 Å². The third-order valence-electron chi connectivity index (χ3n) is 2.79. The molecule has 2 rings (SSSR count). The highest BCUT2D eigenvalue weighted by Crippen LogP contribution is 2.32. The van der Waals surface area contributed by atoms with Crippen LogP contribution in [-0.2, 0) is 0 Å². The monoisotopic (exact) mass is 312 g/mol. The van der Waals surface area contributed by atoms with E-state index in [1.807, 2.05) is 0 Å². The van der Waals surface area contributed by atoms with Crippen LogP contribution in [0.15, 0.2) is 42.5 Å². The molecule has 0 aliphatic rings. The Morgan fingerprint density at radius 1 is 1.00 bits per heavy atom. The summed E-state index contributed by atoms with van der Waals surface area (Å²) in [6, 6.07) is 10.1. The van der Waals surface area contributed by atoms with E-state index in [1.54, 1.807) is 24.3 Å².